The minimum absolute atomic E-state index is 0.981. The van der Waals surface area contributed by atoms with Crippen LogP contribution >= 0.6 is 0 Å². The van der Waals surface area contributed by atoms with E-state index in [1.54, 1.807) is 0 Å². The summed E-state index contributed by atoms with van der Waals surface area (Å²) in [6, 6.07) is 10.5. The summed E-state index contributed by atoms with van der Waals surface area (Å²) in [6.07, 6.45) is 7.56. The molecular weight excluding hydrogens is 208 g/mol. The summed E-state index contributed by atoms with van der Waals surface area (Å²) in [5.41, 5.74) is 4.37. The maximum atomic E-state index is 4.35. The van der Waals surface area contributed by atoms with Crippen LogP contribution in [0.5, 0.6) is 0 Å². The van der Waals surface area contributed by atoms with E-state index in [0.717, 1.165) is 17.6 Å². The number of hydrogen-bond donors (Lipinski definition) is 0. The van der Waals surface area contributed by atoms with Crippen LogP contribution in [0.2, 0.25) is 0 Å². The molecule has 0 aromatic heterocycles. The van der Waals surface area contributed by atoms with Crippen molar-refractivity contribution in [3.05, 3.63) is 47.2 Å². The largest absolute Gasteiger partial charge is 0.150 e. The molecule has 1 heterocycles. The molecule has 0 bridgehead atoms. The minimum Gasteiger partial charge on any atom is -0.150 e. The molecular formula is C15H10N2. The highest BCUT2D eigenvalue weighted by molar-refractivity contribution is 5.97. The number of aromatic nitrogens is 2. The van der Waals surface area contributed by atoms with Crippen LogP contribution in [-0.2, 0) is 0 Å². The Morgan fingerprint density at radius 2 is 2.00 bits per heavy atom. The van der Waals surface area contributed by atoms with Crippen molar-refractivity contribution in [1.82, 2.24) is 10.2 Å². The molecule has 0 atom stereocenters. The van der Waals surface area contributed by atoms with Gasteiger partial charge in [0.1, 0.15) is 5.69 Å². The lowest BCUT2D eigenvalue weighted by Crippen LogP contribution is -2.05. The van der Waals surface area contributed by atoms with Gasteiger partial charge < -0.3 is 0 Å². The Hall–Kier alpha value is -2.22. The Balaban J connectivity index is 2.29. The SMILES string of the molecule is C1=Cc2c3nnc4cccc(ccc2=CC1)c4-3. The lowest BCUT2D eigenvalue weighted by molar-refractivity contribution is 1.12. The first-order chi connectivity index (χ1) is 8.43. The maximum absolute atomic E-state index is 4.35. The number of hydrogen-bond acceptors (Lipinski definition) is 2. The molecule has 0 amide bonds. The first kappa shape index (κ1) is 8.88. The first-order valence-corrected chi connectivity index (χ1v) is 5.78. The molecule has 1 aromatic carbocycles. The molecule has 17 heavy (non-hydrogen) atoms. The molecule has 0 spiro atoms. The van der Waals surface area contributed by atoms with Gasteiger partial charge in [-0.1, -0.05) is 42.5 Å². The molecule has 2 heteroatoms. The third-order valence-electron chi connectivity index (χ3n) is 3.34. The van der Waals surface area contributed by atoms with Crippen LogP contribution in [0.1, 0.15) is 12.0 Å². The summed E-state index contributed by atoms with van der Waals surface area (Å²) in [7, 11) is 0. The van der Waals surface area contributed by atoms with Gasteiger partial charge in [-0.15, -0.1) is 10.2 Å². The second-order valence-electron chi connectivity index (χ2n) is 4.33. The van der Waals surface area contributed by atoms with Crippen LogP contribution in [0.25, 0.3) is 34.3 Å². The van der Waals surface area contributed by atoms with E-state index in [0.29, 0.717) is 0 Å². The van der Waals surface area contributed by atoms with E-state index in [4.69, 9.17) is 0 Å². The van der Waals surface area contributed by atoms with E-state index in [1.165, 1.54) is 21.7 Å². The molecule has 4 rings (SSSR count). The summed E-state index contributed by atoms with van der Waals surface area (Å²) in [4.78, 5) is 0. The van der Waals surface area contributed by atoms with Crippen molar-refractivity contribution < 1.29 is 0 Å². The second kappa shape index (κ2) is 3.14. The van der Waals surface area contributed by atoms with Crippen molar-refractivity contribution in [1.29, 1.82) is 0 Å². The lowest BCUT2D eigenvalue weighted by atomic mass is 10.0. The number of nitrogens with zero attached hydrogens (tertiary/aromatic N) is 2. The summed E-state index contributed by atoms with van der Waals surface area (Å²) in [5.74, 6) is 0. The lowest BCUT2D eigenvalue weighted by Gasteiger charge is -2.02. The van der Waals surface area contributed by atoms with Gasteiger partial charge in [0.25, 0.3) is 0 Å². The van der Waals surface area contributed by atoms with Gasteiger partial charge in [0, 0.05) is 11.1 Å². The van der Waals surface area contributed by atoms with Crippen molar-refractivity contribution in [3.63, 3.8) is 0 Å². The molecule has 3 aliphatic rings. The summed E-state index contributed by atoms with van der Waals surface area (Å²) in [5, 5.41) is 11.1. The van der Waals surface area contributed by atoms with Crippen LogP contribution in [0.15, 0.2) is 36.4 Å². The highest BCUT2D eigenvalue weighted by Crippen LogP contribution is 2.31. The first-order valence-electron chi connectivity index (χ1n) is 5.78. The van der Waals surface area contributed by atoms with Crippen molar-refractivity contribution in [3.8, 4) is 11.3 Å². The zero-order valence-electron chi connectivity index (χ0n) is 9.22. The van der Waals surface area contributed by atoms with Gasteiger partial charge in [0.05, 0.1) is 5.52 Å². The van der Waals surface area contributed by atoms with E-state index in [1.807, 2.05) is 12.1 Å². The van der Waals surface area contributed by atoms with Gasteiger partial charge >= 0.3 is 0 Å². The fourth-order valence-corrected chi connectivity index (χ4v) is 2.52. The van der Waals surface area contributed by atoms with Crippen molar-refractivity contribution in [2.75, 3.05) is 0 Å². The number of benzene rings is 1. The van der Waals surface area contributed by atoms with Crippen LogP contribution in [0, 0.1) is 0 Å². The fraction of sp³-hybridized carbons (Fsp3) is 0.0667. The smallest absolute Gasteiger partial charge is 0.104 e. The third kappa shape index (κ3) is 1.15. The molecule has 80 valence electrons. The summed E-state index contributed by atoms with van der Waals surface area (Å²) in [6.45, 7) is 0. The van der Waals surface area contributed by atoms with Gasteiger partial charge in [-0.3, -0.25) is 0 Å². The monoisotopic (exact) mass is 218 g/mol. The Morgan fingerprint density at radius 1 is 1.00 bits per heavy atom. The zero-order valence-corrected chi connectivity index (χ0v) is 9.22. The van der Waals surface area contributed by atoms with Gasteiger partial charge in [-0.25, -0.2) is 0 Å². The second-order valence-corrected chi connectivity index (χ2v) is 4.33. The highest BCUT2D eigenvalue weighted by Gasteiger charge is 2.16. The van der Waals surface area contributed by atoms with E-state index in [2.05, 4.69) is 46.6 Å². The highest BCUT2D eigenvalue weighted by atomic mass is 15.1. The van der Waals surface area contributed by atoms with Crippen molar-refractivity contribution >= 4 is 23.1 Å². The van der Waals surface area contributed by atoms with Gasteiger partial charge in [0.15, 0.2) is 0 Å². The van der Waals surface area contributed by atoms with E-state index < -0.39 is 0 Å². The van der Waals surface area contributed by atoms with Crippen molar-refractivity contribution in [2.45, 2.75) is 6.42 Å². The minimum atomic E-state index is 0.981. The fourth-order valence-electron chi connectivity index (χ4n) is 2.52. The standard InChI is InChI=1S/C15H10N2/c1-2-6-12-10(4-1)8-9-11-5-3-7-13-14(11)15(12)17-16-13/h2-9H,1H2. The molecule has 0 unspecified atom stereocenters. The average molecular weight is 218 g/mol. The Labute approximate surface area is 98.6 Å². The van der Waals surface area contributed by atoms with Gasteiger partial charge in [-0.2, -0.15) is 0 Å². The molecule has 1 aliphatic heterocycles. The number of rotatable bonds is 0. The molecule has 2 aliphatic carbocycles. The maximum Gasteiger partial charge on any atom is 0.104 e. The topological polar surface area (TPSA) is 25.8 Å². The Bertz CT molecular complexity index is 771. The van der Waals surface area contributed by atoms with Crippen molar-refractivity contribution in [2.24, 2.45) is 0 Å². The molecule has 2 nitrogen and oxygen atoms in total. The van der Waals surface area contributed by atoms with E-state index in [9.17, 15) is 0 Å². The van der Waals surface area contributed by atoms with Gasteiger partial charge in [-0.05, 0) is 23.1 Å². The normalized spacial score (nSPS) is 13.9. The molecule has 0 fully saturated rings. The third-order valence-corrected chi connectivity index (χ3v) is 3.34. The van der Waals surface area contributed by atoms with E-state index in [-0.39, 0.29) is 0 Å². The van der Waals surface area contributed by atoms with E-state index >= 15 is 0 Å². The predicted molar refractivity (Wildman–Crippen MR) is 69.5 cm³/mol. The molecule has 1 aromatic rings. The molecule has 0 radical (unpaired) electrons. The average Bonchev–Trinajstić information content (AvgIpc) is 2.73. The van der Waals surface area contributed by atoms with Crippen LogP contribution < -0.4 is 5.22 Å². The van der Waals surface area contributed by atoms with Crippen LogP contribution in [0.3, 0.4) is 0 Å². The quantitative estimate of drug-likeness (QED) is 0.579. The zero-order chi connectivity index (χ0) is 11.2. The Kier molecular flexibility index (Phi) is 1.64. The molecule has 0 saturated carbocycles. The van der Waals surface area contributed by atoms with Crippen LogP contribution in [-0.4, -0.2) is 10.2 Å². The van der Waals surface area contributed by atoms with Gasteiger partial charge in [0.2, 0.25) is 0 Å². The molecule has 0 N–H and O–H groups in total. The van der Waals surface area contributed by atoms with Crippen LogP contribution in [0.4, 0.5) is 0 Å². The summed E-state index contributed by atoms with van der Waals surface area (Å²) < 4.78 is 0. The summed E-state index contributed by atoms with van der Waals surface area (Å²) >= 11 is 0. The molecule has 0 saturated heterocycles. The number of allylic oxidation sites excluding steroid dienone is 1. The number of fused-ring (bicyclic) bond motifs is 2. The predicted octanol–water partition coefficient (Wildman–Crippen LogP) is 2.65. The Morgan fingerprint density at radius 3 is 3.00 bits per heavy atom.